The van der Waals surface area contributed by atoms with Gasteiger partial charge in [0.05, 0.1) is 6.61 Å². The van der Waals surface area contributed by atoms with Gasteiger partial charge in [0.15, 0.2) is 0 Å². The summed E-state index contributed by atoms with van der Waals surface area (Å²) in [5, 5.41) is 0. The van der Waals surface area contributed by atoms with Crippen molar-refractivity contribution in [2.75, 3.05) is 18.6 Å². The molecular formula is C13H20FNOS. The quantitative estimate of drug-likeness (QED) is 0.763. The molecule has 0 saturated heterocycles. The van der Waals surface area contributed by atoms with Crippen molar-refractivity contribution in [3.8, 4) is 5.75 Å². The van der Waals surface area contributed by atoms with Crippen LogP contribution in [-0.2, 0) is 6.42 Å². The molecular weight excluding hydrogens is 237 g/mol. The molecule has 0 heterocycles. The average molecular weight is 257 g/mol. The third-order valence-corrected chi connectivity index (χ3v) is 2.95. The molecule has 1 aromatic rings. The fourth-order valence-corrected chi connectivity index (χ4v) is 1.99. The summed E-state index contributed by atoms with van der Waals surface area (Å²) in [6, 6.07) is 4.83. The van der Waals surface area contributed by atoms with Gasteiger partial charge >= 0.3 is 0 Å². The first-order valence-electron chi connectivity index (χ1n) is 5.78. The summed E-state index contributed by atoms with van der Waals surface area (Å²) in [4.78, 5) is 0. The highest BCUT2D eigenvalue weighted by Gasteiger charge is 2.04. The minimum atomic E-state index is -0.261. The summed E-state index contributed by atoms with van der Waals surface area (Å²) in [6.07, 6.45) is 3.70. The van der Waals surface area contributed by atoms with Crippen LogP contribution in [0.1, 0.15) is 18.9 Å². The summed E-state index contributed by atoms with van der Waals surface area (Å²) in [5.41, 5.74) is 6.59. The Balaban J connectivity index is 2.56. The van der Waals surface area contributed by atoms with Gasteiger partial charge in [-0.3, -0.25) is 0 Å². The molecule has 96 valence electrons. The zero-order valence-corrected chi connectivity index (χ0v) is 11.2. The Labute approximate surface area is 107 Å². The molecule has 0 aromatic heterocycles. The summed E-state index contributed by atoms with van der Waals surface area (Å²) >= 11 is 1.78. The molecule has 2 N–H and O–H groups in total. The summed E-state index contributed by atoms with van der Waals surface area (Å²) in [5.74, 6) is 1.40. The highest BCUT2D eigenvalue weighted by atomic mass is 32.2. The monoisotopic (exact) mass is 257 g/mol. The van der Waals surface area contributed by atoms with Crippen LogP contribution in [0, 0.1) is 5.82 Å². The lowest BCUT2D eigenvalue weighted by atomic mass is 10.1. The van der Waals surface area contributed by atoms with E-state index in [1.54, 1.807) is 11.8 Å². The number of nitrogens with two attached hydrogens (primary N) is 1. The first-order valence-corrected chi connectivity index (χ1v) is 7.18. The lowest BCUT2D eigenvalue weighted by Gasteiger charge is -2.10. The van der Waals surface area contributed by atoms with Gasteiger partial charge in [-0.2, -0.15) is 11.8 Å². The van der Waals surface area contributed by atoms with Crippen LogP contribution in [-0.4, -0.2) is 24.7 Å². The fraction of sp³-hybridized carbons (Fsp3) is 0.538. The molecule has 4 heteroatoms. The number of thioether (sulfide) groups is 1. The zero-order chi connectivity index (χ0) is 12.7. The Morgan fingerprint density at radius 1 is 1.41 bits per heavy atom. The van der Waals surface area contributed by atoms with Gasteiger partial charge in [-0.25, -0.2) is 4.39 Å². The standard InChI is InChI=1S/C13H20FNOS/c1-10(15)6-11-7-12(14)9-13(8-11)16-4-3-5-17-2/h7-10H,3-6,15H2,1-2H3. The van der Waals surface area contributed by atoms with Gasteiger partial charge < -0.3 is 10.5 Å². The number of hydrogen-bond donors (Lipinski definition) is 1. The third-order valence-electron chi connectivity index (χ3n) is 2.25. The normalized spacial score (nSPS) is 12.5. The molecule has 0 aliphatic heterocycles. The topological polar surface area (TPSA) is 35.2 Å². The first-order chi connectivity index (χ1) is 8.11. The van der Waals surface area contributed by atoms with Gasteiger partial charge in [-0.1, -0.05) is 0 Å². The summed E-state index contributed by atoms with van der Waals surface area (Å²) < 4.78 is 18.8. The second-order valence-electron chi connectivity index (χ2n) is 4.17. The molecule has 0 spiro atoms. The molecule has 0 aliphatic carbocycles. The Kier molecular flexibility index (Phi) is 6.37. The zero-order valence-electron chi connectivity index (χ0n) is 10.4. The van der Waals surface area contributed by atoms with Gasteiger partial charge in [0.25, 0.3) is 0 Å². The van der Waals surface area contributed by atoms with Crippen molar-refractivity contribution in [3.05, 3.63) is 29.6 Å². The van der Waals surface area contributed by atoms with E-state index >= 15 is 0 Å². The maximum Gasteiger partial charge on any atom is 0.127 e. The van der Waals surface area contributed by atoms with E-state index in [4.69, 9.17) is 10.5 Å². The number of benzene rings is 1. The number of halogens is 1. The maximum absolute atomic E-state index is 13.3. The van der Waals surface area contributed by atoms with Crippen molar-refractivity contribution in [2.45, 2.75) is 25.8 Å². The van der Waals surface area contributed by atoms with E-state index < -0.39 is 0 Å². The van der Waals surface area contributed by atoms with Gasteiger partial charge in [0, 0.05) is 12.1 Å². The van der Waals surface area contributed by atoms with E-state index in [9.17, 15) is 4.39 Å². The van der Waals surface area contributed by atoms with Crippen molar-refractivity contribution in [1.82, 2.24) is 0 Å². The molecule has 0 bridgehead atoms. The van der Waals surface area contributed by atoms with Crippen molar-refractivity contribution in [3.63, 3.8) is 0 Å². The molecule has 0 aliphatic rings. The van der Waals surface area contributed by atoms with Crippen LogP contribution < -0.4 is 10.5 Å². The minimum absolute atomic E-state index is 0.0288. The number of rotatable bonds is 7. The smallest absolute Gasteiger partial charge is 0.127 e. The first kappa shape index (κ1) is 14.3. The lowest BCUT2D eigenvalue weighted by molar-refractivity contribution is 0.316. The minimum Gasteiger partial charge on any atom is -0.493 e. The van der Waals surface area contributed by atoms with Crippen LogP contribution in [0.4, 0.5) is 4.39 Å². The Hall–Kier alpha value is -0.740. The summed E-state index contributed by atoms with van der Waals surface area (Å²) in [6.45, 7) is 2.53. The molecule has 0 radical (unpaired) electrons. The van der Waals surface area contributed by atoms with Crippen LogP contribution >= 0.6 is 11.8 Å². The van der Waals surface area contributed by atoms with Crippen LogP contribution in [0.5, 0.6) is 5.75 Å². The molecule has 1 aromatic carbocycles. The lowest BCUT2D eigenvalue weighted by Crippen LogP contribution is -2.17. The highest BCUT2D eigenvalue weighted by Crippen LogP contribution is 2.17. The van der Waals surface area contributed by atoms with E-state index in [-0.39, 0.29) is 11.9 Å². The van der Waals surface area contributed by atoms with Crippen molar-refractivity contribution < 1.29 is 9.13 Å². The molecule has 1 rings (SSSR count). The van der Waals surface area contributed by atoms with E-state index in [2.05, 4.69) is 6.26 Å². The maximum atomic E-state index is 13.3. The molecule has 1 unspecified atom stereocenters. The number of hydrogen-bond acceptors (Lipinski definition) is 3. The number of ether oxygens (including phenoxy) is 1. The van der Waals surface area contributed by atoms with Gasteiger partial charge in [0.2, 0.25) is 0 Å². The molecule has 0 fully saturated rings. The van der Waals surface area contributed by atoms with E-state index in [1.165, 1.54) is 12.1 Å². The third kappa shape index (κ3) is 5.94. The predicted octanol–water partition coefficient (Wildman–Crippen LogP) is 2.85. The second kappa shape index (κ2) is 7.56. The molecule has 0 saturated carbocycles. The van der Waals surface area contributed by atoms with Crippen LogP contribution in [0.3, 0.4) is 0 Å². The molecule has 0 amide bonds. The highest BCUT2D eigenvalue weighted by molar-refractivity contribution is 7.98. The van der Waals surface area contributed by atoms with Crippen LogP contribution in [0.2, 0.25) is 0 Å². The van der Waals surface area contributed by atoms with Crippen molar-refractivity contribution >= 4 is 11.8 Å². The van der Waals surface area contributed by atoms with Crippen LogP contribution in [0.15, 0.2) is 18.2 Å². The van der Waals surface area contributed by atoms with E-state index in [0.29, 0.717) is 18.8 Å². The van der Waals surface area contributed by atoms with Crippen molar-refractivity contribution in [2.24, 2.45) is 5.73 Å². The average Bonchev–Trinajstić information content (AvgIpc) is 2.22. The van der Waals surface area contributed by atoms with Gasteiger partial charge in [-0.15, -0.1) is 0 Å². The van der Waals surface area contributed by atoms with Crippen LogP contribution in [0.25, 0.3) is 0 Å². The predicted molar refractivity (Wildman–Crippen MR) is 72.2 cm³/mol. The van der Waals surface area contributed by atoms with Gasteiger partial charge in [0.1, 0.15) is 11.6 Å². The molecule has 1 atom stereocenters. The Bertz CT molecular complexity index is 344. The largest absolute Gasteiger partial charge is 0.493 e. The summed E-state index contributed by atoms with van der Waals surface area (Å²) in [7, 11) is 0. The van der Waals surface area contributed by atoms with Crippen molar-refractivity contribution in [1.29, 1.82) is 0 Å². The van der Waals surface area contributed by atoms with E-state index in [0.717, 1.165) is 17.7 Å². The Morgan fingerprint density at radius 2 is 2.18 bits per heavy atom. The van der Waals surface area contributed by atoms with E-state index in [1.807, 2.05) is 13.0 Å². The second-order valence-corrected chi connectivity index (χ2v) is 5.16. The van der Waals surface area contributed by atoms with Gasteiger partial charge in [-0.05, 0) is 49.5 Å². The fourth-order valence-electron chi connectivity index (χ4n) is 1.59. The SMILES string of the molecule is CSCCCOc1cc(F)cc(CC(C)N)c1. The Morgan fingerprint density at radius 3 is 2.82 bits per heavy atom. The molecule has 17 heavy (non-hydrogen) atoms. The molecule has 2 nitrogen and oxygen atoms in total.